The molecular formula is C36H37N3O4. The number of hydrogen-bond donors (Lipinski definition) is 3. The SMILES string of the molecule is N#Cc1ccc(-c2ccc(CCNC(=O)c3ccc4c(c3O)C35CCN(CC6CC6)C(C4)C3(O)CCC(=O)C5)cc2)cc1. The zero-order valence-corrected chi connectivity index (χ0v) is 24.3. The van der Waals surface area contributed by atoms with Crippen molar-refractivity contribution in [2.24, 2.45) is 5.92 Å². The van der Waals surface area contributed by atoms with Crippen molar-refractivity contribution in [1.29, 1.82) is 5.26 Å². The van der Waals surface area contributed by atoms with E-state index in [4.69, 9.17) is 5.26 Å². The molecule has 0 radical (unpaired) electrons. The van der Waals surface area contributed by atoms with Gasteiger partial charge in [0.25, 0.3) is 5.91 Å². The van der Waals surface area contributed by atoms with Gasteiger partial charge in [-0.1, -0.05) is 42.5 Å². The summed E-state index contributed by atoms with van der Waals surface area (Å²) in [5.74, 6) is 0.378. The van der Waals surface area contributed by atoms with Crippen molar-refractivity contribution in [3.05, 3.63) is 88.5 Å². The number of aliphatic hydroxyl groups is 1. The van der Waals surface area contributed by atoms with Gasteiger partial charge in [-0.05, 0) is 91.4 Å². The number of Topliss-reactive ketones (excluding diaryl/α,β-unsaturated/α-hetero) is 1. The molecule has 7 nitrogen and oxygen atoms in total. The summed E-state index contributed by atoms with van der Waals surface area (Å²) in [6, 6.07) is 21.3. The zero-order valence-electron chi connectivity index (χ0n) is 24.3. The van der Waals surface area contributed by atoms with Crippen molar-refractivity contribution in [3.8, 4) is 22.9 Å². The van der Waals surface area contributed by atoms with E-state index in [0.717, 1.165) is 35.3 Å². The van der Waals surface area contributed by atoms with E-state index in [1.807, 2.05) is 42.5 Å². The van der Waals surface area contributed by atoms with Crippen LogP contribution >= 0.6 is 0 Å². The van der Waals surface area contributed by atoms with Crippen molar-refractivity contribution in [1.82, 2.24) is 10.2 Å². The first-order valence-corrected chi connectivity index (χ1v) is 15.5. The molecule has 2 saturated carbocycles. The van der Waals surface area contributed by atoms with E-state index < -0.39 is 11.0 Å². The molecule has 7 rings (SSSR count). The Kier molecular flexibility index (Phi) is 6.87. The summed E-state index contributed by atoms with van der Waals surface area (Å²) in [6.07, 6.45) is 5.29. The van der Waals surface area contributed by atoms with Crippen LogP contribution in [0.4, 0.5) is 0 Å². The Morgan fingerprint density at radius 1 is 1.02 bits per heavy atom. The number of carbonyl (C=O) groups is 2. The molecule has 2 bridgehead atoms. The Hall–Kier alpha value is -3.99. The van der Waals surface area contributed by atoms with Gasteiger partial charge in [0.2, 0.25) is 0 Å². The summed E-state index contributed by atoms with van der Waals surface area (Å²) in [5.41, 5.74) is 3.59. The van der Waals surface area contributed by atoms with Crippen molar-refractivity contribution >= 4 is 11.7 Å². The molecule has 3 fully saturated rings. The second kappa shape index (κ2) is 10.6. The van der Waals surface area contributed by atoms with Gasteiger partial charge in [0.1, 0.15) is 11.5 Å². The molecule has 3 N–H and O–H groups in total. The molecule has 3 aliphatic carbocycles. The Bertz CT molecular complexity index is 1620. The Morgan fingerprint density at radius 2 is 1.74 bits per heavy atom. The number of carbonyl (C=O) groups excluding carboxylic acids is 2. The van der Waals surface area contributed by atoms with E-state index in [9.17, 15) is 19.8 Å². The molecule has 3 aromatic carbocycles. The van der Waals surface area contributed by atoms with Crippen LogP contribution in [0, 0.1) is 17.2 Å². The molecule has 43 heavy (non-hydrogen) atoms. The third-order valence-corrected chi connectivity index (χ3v) is 10.5. The second-order valence-electron chi connectivity index (χ2n) is 13.0. The summed E-state index contributed by atoms with van der Waals surface area (Å²) in [5, 5.41) is 36.0. The number of fused-ring (bicyclic) bond motifs is 1. The van der Waals surface area contributed by atoms with Crippen molar-refractivity contribution in [3.63, 3.8) is 0 Å². The number of nitriles is 1. The monoisotopic (exact) mass is 575 g/mol. The number of likely N-dealkylation sites (tertiary alicyclic amines) is 1. The topological polar surface area (TPSA) is 114 Å². The maximum absolute atomic E-state index is 13.4. The lowest BCUT2D eigenvalue weighted by atomic mass is 9.49. The van der Waals surface area contributed by atoms with Gasteiger partial charge in [0.05, 0.1) is 22.8 Å². The Balaban J connectivity index is 1.08. The molecule has 3 unspecified atom stereocenters. The van der Waals surface area contributed by atoms with E-state index >= 15 is 0 Å². The largest absolute Gasteiger partial charge is 0.507 e. The van der Waals surface area contributed by atoms with Gasteiger partial charge >= 0.3 is 0 Å². The van der Waals surface area contributed by atoms with E-state index in [1.165, 1.54) is 12.8 Å². The zero-order chi connectivity index (χ0) is 29.8. The van der Waals surface area contributed by atoms with Gasteiger partial charge in [-0.15, -0.1) is 0 Å². The van der Waals surface area contributed by atoms with Crippen molar-refractivity contribution in [2.45, 2.75) is 68.4 Å². The van der Waals surface area contributed by atoms with E-state index in [1.54, 1.807) is 18.2 Å². The van der Waals surface area contributed by atoms with Crippen molar-refractivity contribution in [2.75, 3.05) is 19.6 Å². The third-order valence-electron chi connectivity index (χ3n) is 10.5. The lowest BCUT2D eigenvalue weighted by Gasteiger charge is -2.63. The van der Waals surface area contributed by atoms with Crippen LogP contribution in [-0.2, 0) is 23.1 Å². The predicted molar refractivity (Wildman–Crippen MR) is 163 cm³/mol. The normalized spacial score (nSPS) is 26.2. The fourth-order valence-corrected chi connectivity index (χ4v) is 8.05. The summed E-state index contributed by atoms with van der Waals surface area (Å²) in [4.78, 5) is 28.7. The molecule has 1 amide bonds. The standard InChI is InChI=1S/C36H37N3O4/c37-21-24-5-9-27(10-6-24)26-7-3-23(4-8-26)14-17-38-34(42)30-12-11-28-19-31-36(43)15-13-29(40)20-35(36,32(28)33(30)41)16-18-39(31)22-25-1-2-25/h3-12,25,31,41,43H,1-2,13-20,22H2,(H,38,42). The van der Waals surface area contributed by atoms with E-state index in [2.05, 4.69) is 16.3 Å². The van der Waals surface area contributed by atoms with E-state index in [0.29, 0.717) is 55.7 Å². The number of nitrogens with one attached hydrogen (secondary N) is 1. The second-order valence-corrected chi connectivity index (χ2v) is 13.0. The quantitative estimate of drug-likeness (QED) is 0.378. The fraction of sp³-hybridized carbons (Fsp3) is 0.417. The van der Waals surface area contributed by atoms with Crippen LogP contribution in [0.3, 0.4) is 0 Å². The molecule has 7 heteroatoms. The van der Waals surface area contributed by atoms with E-state index in [-0.39, 0.29) is 35.5 Å². The van der Waals surface area contributed by atoms with Gasteiger partial charge < -0.3 is 15.5 Å². The first-order valence-electron chi connectivity index (χ1n) is 15.5. The van der Waals surface area contributed by atoms with Gasteiger partial charge in [-0.3, -0.25) is 14.5 Å². The number of hydrogen-bond acceptors (Lipinski definition) is 6. The molecule has 1 saturated heterocycles. The summed E-state index contributed by atoms with van der Waals surface area (Å²) in [6.45, 7) is 2.17. The molecule has 4 aliphatic rings. The van der Waals surface area contributed by atoms with Crippen LogP contribution in [0.1, 0.15) is 71.1 Å². The highest BCUT2D eigenvalue weighted by atomic mass is 16.3. The number of aromatic hydroxyl groups is 1. The molecule has 1 aliphatic heterocycles. The number of nitrogens with zero attached hydrogens (tertiary/aromatic N) is 2. The van der Waals surface area contributed by atoms with Gasteiger partial charge in [0, 0.05) is 43.0 Å². The number of piperidine rings is 1. The molecule has 3 aromatic rings. The first-order chi connectivity index (χ1) is 20.8. The minimum Gasteiger partial charge on any atom is -0.507 e. The molecule has 3 atom stereocenters. The minimum absolute atomic E-state index is 0.0789. The lowest BCUT2D eigenvalue weighted by molar-refractivity contribution is -0.173. The lowest BCUT2D eigenvalue weighted by Crippen LogP contribution is -2.73. The number of benzene rings is 3. The van der Waals surface area contributed by atoms with Crippen molar-refractivity contribution < 1.29 is 19.8 Å². The molecule has 1 heterocycles. The summed E-state index contributed by atoms with van der Waals surface area (Å²) >= 11 is 0. The van der Waals surface area contributed by atoms with Crippen LogP contribution in [-0.4, -0.2) is 58.1 Å². The smallest absolute Gasteiger partial charge is 0.255 e. The minimum atomic E-state index is -1.10. The molecule has 0 aromatic heterocycles. The number of phenolic OH excluding ortho intramolecular Hbond substituents is 1. The van der Waals surface area contributed by atoms with Crippen LogP contribution in [0.2, 0.25) is 0 Å². The Labute approximate surface area is 252 Å². The highest BCUT2D eigenvalue weighted by Gasteiger charge is 2.65. The maximum Gasteiger partial charge on any atom is 0.255 e. The molecule has 0 spiro atoms. The van der Waals surface area contributed by atoms with Crippen LogP contribution in [0.5, 0.6) is 5.75 Å². The van der Waals surface area contributed by atoms with Crippen LogP contribution < -0.4 is 5.32 Å². The fourth-order valence-electron chi connectivity index (χ4n) is 8.05. The predicted octanol–water partition coefficient (Wildman–Crippen LogP) is 4.67. The molecular weight excluding hydrogens is 538 g/mol. The van der Waals surface area contributed by atoms with Gasteiger partial charge in [-0.2, -0.15) is 5.26 Å². The number of rotatable bonds is 7. The molecule has 220 valence electrons. The number of ketones is 1. The Morgan fingerprint density at radius 3 is 2.44 bits per heavy atom. The van der Waals surface area contributed by atoms with Gasteiger partial charge in [0.15, 0.2) is 0 Å². The van der Waals surface area contributed by atoms with Gasteiger partial charge in [-0.25, -0.2) is 0 Å². The average Bonchev–Trinajstić information content (AvgIpc) is 3.83. The van der Waals surface area contributed by atoms with Crippen LogP contribution in [0.25, 0.3) is 11.1 Å². The van der Waals surface area contributed by atoms with Crippen LogP contribution in [0.15, 0.2) is 60.7 Å². The highest BCUT2D eigenvalue weighted by molar-refractivity contribution is 5.98. The summed E-state index contributed by atoms with van der Waals surface area (Å²) < 4.78 is 0. The average molecular weight is 576 g/mol. The number of phenols is 1. The first kappa shape index (κ1) is 27.8. The number of amides is 1. The summed E-state index contributed by atoms with van der Waals surface area (Å²) in [7, 11) is 0. The third kappa shape index (κ3) is 4.74. The highest BCUT2D eigenvalue weighted by Crippen LogP contribution is 2.60. The maximum atomic E-state index is 13.4.